The molecule has 0 aromatic carbocycles. The van der Waals surface area contributed by atoms with Crippen LogP contribution in [0.15, 0.2) is 0 Å². The van der Waals surface area contributed by atoms with Crippen LogP contribution >= 0.6 is 0 Å². The van der Waals surface area contributed by atoms with Crippen LogP contribution in [-0.4, -0.2) is 55.2 Å². The Kier molecular flexibility index (Phi) is 7.50. The normalized spacial score (nSPS) is 15.7. The van der Waals surface area contributed by atoms with Crippen LogP contribution in [0.3, 0.4) is 0 Å². The zero-order chi connectivity index (χ0) is 15.7. The van der Waals surface area contributed by atoms with Gasteiger partial charge in [-0.1, -0.05) is 6.42 Å². The van der Waals surface area contributed by atoms with E-state index in [4.69, 9.17) is 4.74 Å². The quantitative estimate of drug-likeness (QED) is 0.729. The van der Waals surface area contributed by atoms with Crippen LogP contribution in [0.5, 0.6) is 0 Å². The maximum absolute atomic E-state index is 11.9. The molecule has 0 unspecified atom stereocenters. The average Bonchev–Trinajstić information content (AvgIpc) is 2.41. The lowest BCUT2D eigenvalue weighted by molar-refractivity contribution is -0.131. The predicted octanol–water partition coefficient (Wildman–Crippen LogP) is 1.50. The molecule has 2 N–H and O–H groups in total. The van der Waals surface area contributed by atoms with E-state index in [2.05, 4.69) is 10.6 Å². The summed E-state index contributed by atoms with van der Waals surface area (Å²) in [5, 5.41) is 5.96. The van der Waals surface area contributed by atoms with Crippen molar-refractivity contribution < 1.29 is 14.3 Å². The minimum atomic E-state index is -0.459. The lowest BCUT2D eigenvalue weighted by atomic mass is 10.1. The lowest BCUT2D eigenvalue weighted by Gasteiger charge is -2.27. The Hall–Kier alpha value is -1.30. The molecule has 0 bridgehead atoms. The predicted molar refractivity (Wildman–Crippen MR) is 82.2 cm³/mol. The summed E-state index contributed by atoms with van der Waals surface area (Å²) in [6, 6.07) is 0. The van der Waals surface area contributed by atoms with E-state index in [1.54, 1.807) is 0 Å². The number of ether oxygens (including phenoxy) is 1. The fraction of sp³-hybridized carbons (Fsp3) is 0.867. The highest BCUT2D eigenvalue weighted by atomic mass is 16.6. The molecule has 0 saturated carbocycles. The minimum Gasteiger partial charge on any atom is -0.444 e. The maximum atomic E-state index is 11.9. The number of carbonyl (C=O) groups is 2. The highest BCUT2D eigenvalue weighted by Crippen LogP contribution is 2.07. The number of nitrogens with one attached hydrogen (secondary N) is 2. The Morgan fingerprint density at radius 3 is 2.43 bits per heavy atom. The summed E-state index contributed by atoms with van der Waals surface area (Å²) in [5.74, 6) is 0.247. The summed E-state index contributed by atoms with van der Waals surface area (Å²) < 4.78 is 5.15. The van der Waals surface area contributed by atoms with Gasteiger partial charge in [0.05, 0.1) is 0 Å². The number of rotatable bonds is 6. The molecule has 1 rings (SSSR count). The van der Waals surface area contributed by atoms with Gasteiger partial charge < -0.3 is 20.3 Å². The van der Waals surface area contributed by atoms with Gasteiger partial charge in [0.15, 0.2) is 0 Å². The third-order valence-electron chi connectivity index (χ3n) is 3.21. The summed E-state index contributed by atoms with van der Waals surface area (Å²) in [5.41, 5.74) is -0.459. The number of hydrogen-bond donors (Lipinski definition) is 2. The van der Waals surface area contributed by atoms with Crippen LogP contribution in [0.2, 0.25) is 0 Å². The van der Waals surface area contributed by atoms with E-state index in [-0.39, 0.29) is 12.0 Å². The molecule has 0 spiro atoms. The van der Waals surface area contributed by atoms with Crippen LogP contribution in [-0.2, 0) is 9.53 Å². The van der Waals surface area contributed by atoms with Gasteiger partial charge in [-0.3, -0.25) is 4.79 Å². The van der Waals surface area contributed by atoms with Gasteiger partial charge in [0.25, 0.3) is 0 Å². The van der Waals surface area contributed by atoms with Crippen molar-refractivity contribution in [3.05, 3.63) is 0 Å². The summed E-state index contributed by atoms with van der Waals surface area (Å²) in [6.07, 6.45) is 2.91. The van der Waals surface area contributed by atoms with Gasteiger partial charge in [-0.25, -0.2) is 4.79 Å². The average molecular weight is 299 g/mol. The molecular formula is C15H29N3O3. The van der Waals surface area contributed by atoms with Crippen molar-refractivity contribution in [3.8, 4) is 0 Å². The van der Waals surface area contributed by atoms with Crippen LogP contribution in [0.4, 0.5) is 4.79 Å². The number of amides is 2. The highest BCUT2D eigenvalue weighted by Gasteiger charge is 2.16. The van der Waals surface area contributed by atoms with Crippen molar-refractivity contribution in [2.75, 3.05) is 32.7 Å². The molecule has 1 aliphatic rings. The van der Waals surface area contributed by atoms with Crippen molar-refractivity contribution in [1.29, 1.82) is 0 Å². The van der Waals surface area contributed by atoms with Crippen molar-refractivity contribution in [2.45, 2.75) is 52.1 Å². The first-order valence-corrected chi connectivity index (χ1v) is 7.84. The second-order valence-corrected chi connectivity index (χ2v) is 6.37. The summed E-state index contributed by atoms with van der Waals surface area (Å²) >= 11 is 0. The third kappa shape index (κ3) is 8.55. The molecule has 1 aliphatic heterocycles. The van der Waals surface area contributed by atoms with Gasteiger partial charge in [-0.2, -0.15) is 0 Å². The number of nitrogens with zero attached hydrogens (tertiary/aromatic N) is 1. The number of alkyl carbamates (subject to hydrolysis) is 1. The van der Waals surface area contributed by atoms with Gasteiger partial charge in [-0.05, 0) is 33.6 Å². The van der Waals surface area contributed by atoms with Crippen LogP contribution in [0.1, 0.15) is 46.5 Å². The van der Waals surface area contributed by atoms with Crippen LogP contribution < -0.4 is 10.6 Å². The minimum absolute atomic E-state index is 0.247. The second kappa shape index (κ2) is 8.87. The van der Waals surface area contributed by atoms with E-state index in [0.717, 1.165) is 45.4 Å². The molecule has 1 saturated heterocycles. The first-order chi connectivity index (χ1) is 9.88. The van der Waals surface area contributed by atoms with Crippen molar-refractivity contribution in [1.82, 2.24) is 15.5 Å². The summed E-state index contributed by atoms with van der Waals surface area (Å²) in [6.45, 7) is 9.54. The fourth-order valence-corrected chi connectivity index (χ4v) is 2.15. The number of unbranched alkanes of at least 4 members (excludes halogenated alkanes) is 2. The van der Waals surface area contributed by atoms with Gasteiger partial charge in [0.2, 0.25) is 5.91 Å². The standard InChI is InChI=1S/C15H29N3O3/c1-15(2,3)21-14(20)17-8-6-4-5-7-13(19)18-11-9-16-10-12-18/h16H,4-12H2,1-3H3,(H,17,20). The van der Waals surface area contributed by atoms with E-state index in [0.29, 0.717) is 13.0 Å². The monoisotopic (exact) mass is 299 g/mol. The zero-order valence-corrected chi connectivity index (χ0v) is 13.5. The molecule has 0 atom stereocenters. The SMILES string of the molecule is CC(C)(C)OC(=O)NCCCCCC(=O)N1CCNCC1. The topological polar surface area (TPSA) is 70.7 Å². The van der Waals surface area contributed by atoms with Crippen molar-refractivity contribution in [2.24, 2.45) is 0 Å². The molecule has 21 heavy (non-hydrogen) atoms. The van der Waals surface area contributed by atoms with Gasteiger partial charge in [-0.15, -0.1) is 0 Å². The maximum Gasteiger partial charge on any atom is 0.407 e. The van der Waals surface area contributed by atoms with E-state index in [9.17, 15) is 9.59 Å². The molecule has 0 aromatic heterocycles. The number of carbonyl (C=O) groups excluding carboxylic acids is 2. The molecular weight excluding hydrogens is 270 g/mol. The Labute approximate surface area is 127 Å². The molecule has 122 valence electrons. The van der Waals surface area contributed by atoms with E-state index in [1.807, 2.05) is 25.7 Å². The molecule has 6 nitrogen and oxygen atoms in total. The van der Waals surface area contributed by atoms with Gasteiger partial charge >= 0.3 is 6.09 Å². The Bertz CT molecular complexity index is 334. The molecule has 0 aliphatic carbocycles. The van der Waals surface area contributed by atoms with Gasteiger partial charge in [0, 0.05) is 39.1 Å². The number of hydrogen-bond acceptors (Lipinski definition) is 4. The Morgan fingerprint density at radius 1 is 1.14 bits per heavy atom. The zero-order valence-electron chi connectivity index (χ0n) is 13.5. The molecule has 0 aromatic rings. The van der Waals surface area contributed by atoms with Crippen molar-refractivity contribution in [3.63, 3.8) is 0 Å². The van der Waals surface area contributed by atoms with Gasteiger partial charge in [0.1, 0.15) is 5.60 Å². The Balaban J connectivity index is 1.99. The number of piperazine rings is 1. The highest BCUT2D eigenvalue weighted by molar-refractivity contribution is 5.76. The first kappa shape index (κ1) is 17.8. The summed E-state index contributed by atoms with van der Waals surface area (Å²) in [4.78, 5) is 25.2. The molecule has 2 amide bonds. The van der Waals surface area contributed by atoms with E-state index >= 15 is 0 Å². The van der Waals surface area contributed by atoms with E-state index < -0.39 is 5.60 Å². The van der Waals surface area contributed by atoms with Crippen LogP contribution in [0.25, 0.3) is 0 Å². The fourth-order valence-electron chi connectivity index (χ4n) is 2.15. The molecule has 6 heteroatoms. The van der Waals surface area contributed by atoms with E-state index in [1.165, 1.54) is 0 Å². The van der Waals surface area contributed by atoms with Crippen LogP contribution in [0, 0.1) is 0 Å². The molecule has 1 fully saturated rings. The largest absolute Gasteiger partial charge is 0.444 e. The molecule has 0 radical (unpaired) electrons. The first-order valence-electron chi connectivity index (χ1n) is 7.84. The molecule has 1 heterocycles. The second-order valence-electron chi connectivity index (χ2n) is 6.37. The third-order valence-corrected chi connectivity index (χ3v) is 3.21. The Morgan fingerprint density at radius 2 is 1.81 bits per heavy atom. The lowest BCUT2D eigenvalue weighted by Crippen LogP contribution is -2.46. The van der Waals surface area contributed by atoms with Crippen molar-refractivity contribution >= 4 is 12.0 Å². The smallest absolute Gasteiger partial charge is 0.407 e. The summed E-state index contributed by atoms with van der Waals surface area (Å²) in [7, 11) is 0.